The van der Waals surface area contributed by atoms with Gasteiger partial charge in [-0.25, -0.2) is 0 Å². The van der Waals surface area contributed by atoms with E-state index in [-0.39, 0.29) is 6.61 Å². The Kier molecular flexibility index (Phi) is 8.84. The van der Waals surface area contributed by atoms with Crippen LogP contribution in [0.1, 0.15) is 24.2 Å². The average molecular weight is 434 g/mol. The summed E-state index contributed by atoms with van der Waals surface area (Å²) in [6.45, 7) is 1.65. The molecule has 0 saturated carbocycles. The van der Waals surface area contributed by atoms with Crippen molar-refractivity contribution in [1.82, 2.24) is 0 Å². The molecule has 0 heterocycles. The summed E-state index contributed by atoms with van der Waals surface area (Å²) in [6, 6.07) is 6.84. The molecular formula is C23H30O8. The predicted molar refractivity (Wildman–Crippen MR) is 117 cm³/mol. The first-order chi connectivity index (χ1) is 14.9. The lowest BCUT2D eigenvalue weighted by molar-refractivity contribution is 0.0431. The molecule has 2 aromatic rings. The lowest BCUT2D eigenvalue weighted by Crippen LogP contribution is -2.22. The number of aliphatic hydroxyl groups is 2. The normalized spacial score (nSPS) is 12.9. The largest absolute Gasteiger partial charge is 0.493 e. The maximum absolute atomic E-state index is 11.0. The van der Waals surface area contributed by atoms with E-state index in [0.717, 1.165) is 5.56 Å². The Balaban J connectivity index is 2.38. The summed E-state index contributed by atoms with van der Waals surface area (Å²) in [5, 5.41) is 20.0. The monoisotopic (exact) mass is 434 g/mol. The number of hydrogen-bond donors (Lipinski definition) is 2. The minimum absolute atomic E-state index is 0.0824. The van der Waals surface area contributed by atoms with Crippen molar-refractivity contribution in [2.24, 2.45) is 0 Å². The second kappa shape index (κ2) is 11.3. The van der Waals surface area contributed by atoms with Crippen LogP contribution in [0.3, 0.4) is 0 Å². The maximum Gasteiger partial charge on any atom is 0.203 e. The maximum atomic E-state index is 11.0. The molecule has 0 aliphatic carbocycles. The van der Waals surface area contributed by atoms with Crippen molar-refractivity contribution < 1.29 is 38.6 Å². The van der Waals surface area contributed by atoms with E-state index >= 15 is 0 Å². The van der Waals surface area contributed by atoms with Crippen LogP contribution in [0.5, 0.6) is 34.5 Å². The predicted octanol–water partition coefficient (Wildman–Crippen LogP) is 3.24. The van der Waals surface area contributed by atoms with Gasteiger partial charge in [0.1, 0.15) is 12.2 Å². The van der Waals surface area contributed by atoms with Gasteiger partial charge in [-0.1, -0.05) is 12.2 Å². The summed E-state index contributed by atoms with van der Waals surface area (Å²) >= 11 is 0. The van der Waals surface area contributed by atoms with Crippen molar-refractivity contribution in [3.63, 3.8) is 0 Å². The van der Waals surface area contributed by atoms with Crippen LogP contribution in [0, 0.1) is 0 Å². The van der Waals surface area contributed by atoms with Crippen LogP contribution in [0.25, 0.3) is 6.08 Å². The third-order valence-electron chi connectivity index (χ3n) is 4.68. The van der Waals surface area contributed by atoms with Gasteiger partial charge < -0.3 is 38.6 Å². The first-order valence-electron chi connectivity index (χ1n) is 9.62. The number of methoxy groups -OCH3 is 5. The van der Waals surface area contributed by atoms with Gasteiger partial charge in [0.05, 0.1) is 42.2 Å². The van der Waals surface area contributed by atoms with Crippen LogP contribution >= 0.6 is 0 Å². The van der Waals surface area contributed by atoms with Crippen molar-refractivity contribution in [3.8, 4) is 34.5 Å². The molecule has 0 aliphatic heterocycles. The second-order valence-corrected chi connectivity index (χ2v) is 6.57. The van der Waals surface area contributed by atoms with Gasteiger partial charge in [0, 0.05) is 0 Å². The molecule has 2 rings (SSSR count). The summed E-state index contributed by atoms with van der Waals surface area (Å²) in [6.07, 6.45) is 1.65. The molecule has 0 spiro atoms. The molecule has 8 nitrogen and oxygen atoms in total. The summed E-state index contributed by atoms with van der Waals surface area (Å²) in [5.41, 5.74) is 1.30. The summed E-state index contributed by atoms with van der Waals surface area (Å²) in [7, 11) is 7.56. The molecule has 0 aromatic heterocycles. The van der Waals surface area contributed by atoms with Gasteiger partial charge in [0.25, 0.3) is 0 Å². The Morgan fingerprint density at radius 1 is 0.774 bits per heavy atom. The van der Waals surface area contributed by atoms with Gasteiger partial charge in [0.15, 0.2) is 23.0 Å². The highest BCUT2D eigenvalue weighted by Crippen LogP contribution is 2.43. The molecule has 0 bridgehead atoms. The summed E-state index contributed by atoms with van der Waals surface area (Å²) in [4.78, 5) is 0. The van der Waals surface area contributed by atoms with Gasteiger partial charge in [-0.05, 0) is 42.3 Å². The number of rotatable bonds is 11. The van der Waals surface area contributed by atoms with E-state index in [2.05, 4.69) is 0 Å². The molecule has 0 fully saturated rings. The lowest BCUT2D eigenvalue weighted by atomic mass is 10.0. The fourth-order valence-electron chi connectivity index (χ4n) is 3.09. The van der Waals surface area contributed by atoms with Crippen LogP contribution in [-0.2, 0) is 0 Å². The third-order valence-corrected chi connectivity index (χ3v) is 4.68. The molecule has 8 heteroatoms. The van der Waals surface area contributed by atoms with Crippen LogP contribution < -0.4 is 28.4 Å². The molecule has 0 radical (unpaired) electrons. The van der Waals surface area contributed by atoms with Gasteiger partial charge in [-0.2, -0.15) is 0 Å². The highest BCUT2D eigenvalue weighted by atomic mass is 16.6. The minimum Gasteiger partial charge on any atom is -0.493 e. The van der Waals surface area contributed by atoms with Gasteiger partial charge in [-0.15, -0.1) is 0 Å². The van der Waals surface area contributed by atoms with Crippen molar-refractivity contribution in [3.05, 3.63) is 41.5 Å². The molecule has 0 saturated heterocycles. The van der Waals surface area contributed by atoms with Crippen molar-refractivity contribution >= 4 is 6.08 Å². The topological polar surface area (TPSA) is 95.8 Å². The van der Waals surface area contributed by atoms with E-state index < -0.39 is 12.2 Å². The van der Waals surface area contributed by atoms with Crippen LogP contribution in [0.15, 0.2) is 30.3 Å². The highest BCUT2D eigenvalue weighted by Gasteiger charge is 2.25. The number of hydrogen-bond acceptors (Lipinski definition) is 8. The van der Waals surface area contributed by atoms with Gasteiger partial charge in [-0.3, -0.25) is 0 Å². The Morgan fingerprint density at radius 2 is 1.26 bits per heavy atom. The Hall–Kier alpha value is -3.10. The van der Waals surface area contributed by atoms with E-state index in [9.17, 15) is 5.11 Å². The van der Waals surface area contributed by atoms with E-state index in [1.165, 1.54) is 35.5 Å². The zero-order valence-corrected chi connectivity index (χ0v) is 18.7. The fraction of sp³-hybridized carbons (Fsp3) is 0.391. The Labute approximate surface area is 182 Å². The van der Waals surface area contributed by atoms with Gasteiger partial charge >= 0.3 is 0 Å². The molecule has 31 heavy (non-hydrogen) atoms. The highest BCUT2D eigenvalue weighted by molar-refractivity contribution is 5.62. The van der Waals surface area contributed by atoms with Crippen LogP contribution in [0.2, 0.25) is 0 Å². The standard InChI is InChI=1S/C23H30O8/c1-14(21(25)16-12-19(28-4)22(30-6)20(13-16)29-5)31-23-17(26-2)10-15(8-7-9-24)11-18(23)27-3/h7-8,10-14,21,24-25H,9H2,1-6H3/b8-7-. The van der Waals surface area contributed by atoms with E-state index in [1.54, 1.807) is 43.3 Å². The zero-order valence-electron chi connectivity index (χ0n) is 18.7. The summed E-state index contributed by atoms with van der Waals surface area (Å²) < 4.78 is 33.0. The zero-order chi connectivity index (χ0) is 23.0. The Bertz CT molecular complexity index is 843. The molecule has 2 aromatic carbocycles. The smallest absolute Gasteiger partial charge is 0.203 e. The van der Waals surface area contributed by atoms with Crippen molar-refractivity contribution in [2.75, 3.05) is 42.2 Å². The Morgan fingerprint density at radius 3 is 1.68 bits per heavy atom. The van der Waals surface area contributed by atoms with Crippen molar-refractivity contribution in [1.29, 1.82) is 0 Å². The molecule has 0 aliphatic rings. The first-order valence-corrected chi connectivity index (χ1v) is 9.62. The minimum atomic E-state index is -1.02. The lowest BCUT2D eigenvalue weighted by Gasteiger charge is -2.24. The van der Waals surface area contributed by atoms with E-state index in [1.807, 2.05) is 0 Å². The molecule has 170 valence electrons. The van der Waals surface area contributed by atoms with Gasteiger partial charge in [0.2, 0.25) is 11.5 Å². The SMILES string of the molecule is COc1cc(C(O)C(C)Oc2c(OC)cc(/C=C\CO)cc2OC)cc(OC)c1OC. The van der Waals surface area contributed by atoms with Crippen molar-refractivity contribution in [2.45, 2.75) is 19.1 Å². The molecule has 0 amide bonds. The number of ether oxygens (including phenoxy) is 6. The molecule has 2 atom stereocenters. The van der Waals surface area contributed by atoms with Crippen LogP contribution in [0.4, 0.5) is 0 Å². The summed E-state index contributed by atoms with van der Waals surface area (Å²) in [5.74, 6) is 2.51. The second-order valence-electron chi connectivity index (χ2n) is 6.57. The van der Waals surface area contributed by atoms with E-state index in [4.69, 9.17) is 33.5 Å². The van der Waals surface area contributed by atoms with Crippen LogP contribution in [-0.4, -0.2) is 58.5 Å². The quantitative estimate of drug-likeness (QED) is 0.557. The molecule has 2 unspecified atom stereocenters. The molecular weight excluding hydrogens is 404 g/mol. The number of benzene rings is 2. The first kappa shape index (κ1) is 24.2. The third kappa shape index (κ3) is 5.53. The average Bonchev–Trinajstić information content (AvgIpc) is 2.81. The number of aliphatic hydroxyl groups excluding tert-OH is 2. The fourth-order valence-corrected chi connectivity index (χ4v) is 3.09. The molecule has 2 N–H and O–H groups in total. The van der Waals surface area contributed by atoms with E-state index in [0.29, 0.717) is 40.1 Å².